The molecule has 1 N–H and O–H groups in total. The van der Waals surface area contributed by atoms with Gasteiger partial charge in [-0.15, -0.1) is 0 Å². The van der Waals surface area contributed by atoms with Gasteiger partial charge in [0, 0.05) is 5.71 Å². The summed E-state index contributed by atoms with van der Waals surface area (Å²) in [7, 11) is 1.56. The van der Waals surface area contributed by atoms with Crippen molar-refractivity contribution in [3.8, 4) is 17.2 Å². The molecule has 0 saturated carbocycles. The second kappa shape index (κ2) is 7.83. The second-order valence-electron chi connectivity index (χ2n) is 6.73. The van der Waals surface area contributed by atoms with Gasteiger partial charge in [0.25, 0.3) is 0 Å². The van der Waals surface area contributed by atoms with Crippen molar-refractivity contribution in [3.05, 3.63) is 53.6 Å². The molecule has 0 aromatic heterocycles. The van der Waals surface area contributed by atoms with E-state index in [1.54, 1.807) is 44.4 Å². The molecule has 2 aliphatic heterocycles. The van der Waals surface area contributed by atoms with Crippen LogP contribution in [-0.2, 0) is 16.1 Å². The number of rotatable bonds is 5. The first-order valence-electron chi connectivity index (χ1n) is 9.10. The molecule has 0 spiro atoms. The van der Waals surface area contributed by atoms with Gasteiger partial charge in [0.15, 0.2) is 11.5 Å². The van der Waals surface area contributed by atoms with Crippen molar-refractivity contribution >= 4 is 17.7 Å². The Morgan fingerprint density at radius 1 is 1.21 bits per heavy atom. The lowest BCUT2D eigenvalue weighted by Gasteiger charge is -2.29. The number of ether oxygens (including phenoxy) is 4. The van der Waals surface area contributed by atoms with Gasteiger partial charge in [0.1, 0.15) is 18.3 Å². The second-order valence-corrected chi connectivity index (χ2v) is 6.73. The summed E-state index contributed by atoms with van der Waals surface area (Å²) < 4.78 is 21.4. The van der Waals surface area contributed by atoms with Gasteiger partial charge in [0.05, 0.1) is 13.2 Å². The predicted molar refractivity (Wildman–Crippen MR) is 103 cm³/mol. The quantitative estimate of drug-likeness (QED) is 0.781. The maximum Gasteiger partial charge on any atom is 0.341 e. The molecule has 0 fully saturated rings. The smallest absolute Gasteiger partial charge is 0.341 e. The van der Waals surface area contributed by atoms with Crippen LogP contribution in [0.5, 0.6) is 17.2 Å². The first-order valence-corrected chi connectivity index (χ1v) is 9.10. The summed E-state index contributed by atoms with van der Waals surface area (Å²) in [6.07, 6.45) is 0. The fraction of sp³-hybridized carbons (Fsp3) is 0.286. The Morgan fingerprint density at radius 3 is 2.86 bits per heavy atom. The average molecular weight is 396 g/mol. The van der Waals surface area contributed by atoms with Gasteiger partial charge in [-0.2, -0.15) is 0 Å². The van der Waals surface area contributed by atoms with Crippen LogP contribution in [0.4, 0.5) is 4.79 Å². The van der Waals surface area contributed by atoms with Gasteiger partial charge in [0.2, 0.25) is 6.79 Å². The highest BCUT2D eigenvalue weighted by Crippen LogP contribution is 2.33. The molecule has 0 aliphatic carbocycles. The van der Waals surface area contributed by atoms with E-state index in [9.17, 15) is 9.59 Å². The topological polar surface area (TPSA) is 95.5 Å². The maximum absolute atomic E-state index is 12.9. The molecule has 0 saturated heterocycles. The van der Waals surface area contributed by atoms with E-state index in [0.29, 0.717) is 23.0 Å². The van der Waals surface area contributed by atoms with Gasteiger partial charge in [-0.3, -0.25) is 4.79 Å². The van der Waals surface area contributed by atoms with Crippen molar-refractivity contribution < 1.29 is 28.5 Å². The van der Waals surface area contributed by atoms with Gasteiger partial charge in [-0.1, -0.05) is 18.2 Å². The number of esters is 1. The van der Waals surface area contributed by atoms with Crippen molar-refractivity contribution in [1.29, 1.82) is 0 Å². The molecule has 8 heteroatoms. The summed E-state index contributed by atoms with van der Waals surface area (Å²) in [4.78, 5) is 28.8. The Morgan fingerprint density at radius 2 is 2.03 bits per heavy atom. The molecular weight excluding hydrogens is 376 g/mol. The normalized spacial score (nSPS) is 19.9. The van der Waals surface area contributed by atoms with E-state index < -0.39 is 24.0 Å². The van der Waals surface area contributed by atoms with Crippen molar-refractivity contribution in [2.45, 2.75) is 19.6 Å². The van der Waals surface area contributed by atoms with E-state index >= 15 is 0 Å². The third-order valence-corrected chi connectivity index (χ3v) is 4.87. The van der Waals surface area contributed by atoms with Crippen LogP contribution in [0.25, 0.3) is 0 Å². The minimum atomic E-state index is -0.742. The van der Waals surface area contributed by atoms with Crippen LogP contribution < -0.4 is 19.5 Å². The summed E-state index contributed by atoms with van der Waals surface area (Å²) in [5.41, 5.74) is 1.91. The Balaban J connectivity index is 1.53. The molecule has 0 radical (unpaired) electrons. The molecule has 2 atom stereocenters. The third-order valence-electron chi connectivity index (χ3n) is 4.87. The summed E-state index contributed by atoms with van der Waals surface area (Å²) in [5.74, 6) is 0.696. The van der Waals surface area contributed by atoms with Crippen LogP contribution in [-0.4, -0.2) is 31.6 Å². The average Bonchev–Trinajstić information content (AvgIpc) is 3.19. The number of hydrogen-bond acceptors (Lipinski definition) is 6. The zero-order valence-electron chi connectivity index (χ0n) is 16.0. The number of fused-ring (bicyclic) bond motifs is 1. The summed E-state index contributed by atoms with van der Waals surface area (Å²) in [6, 6.07) is 11.5. The van der Waals surface area contributed by atoms with E-state index in [1.807, 2.05) is 12.1 Å². The van der Waals surface area contributed by atoms with Crippen LogP contribution in [0.2, 0.25) is 0 Å². The number of nitrogens with one attached hydrogen (secondary N) is 1. The van der Waals surface area contributed by atoms with E-state index in [2.05, 4.69) is 10.3 Å². The number of carbonyl (C=O) groups is 2. The fourth-order valence-electron chi connectivity index (χ4n) is 3.41. The molecule has 2 aromatic carbocycles. The Hall–Kier alpha value is -3.55. The molecule has 2 aromatic rings. The number of benzene rings is 2. The number of methoxy groups -OCH3 is 1. The lowest BCUT2D eigenvalue weighted by atomic mass is 9.88. The summed E-state index contributed by atoms with van der Waals surface area (Å²) >= 11 is 0. The van der Waals surface area contributed by atoms with Crippen molar-refractivity contribution in [3.63, 3.8) is 0 Å². The van der Waals surface area contributed by atoms with Crippen LogP contribution in [0.15, 0.2) is 47.5 Å². The maximum atomic E-state index is 12.9. The number of carbonyl (C=O) groups excluding carboxylic acids is 2. The van der Waals surface area contributed by atoms with Crippen molar-refractivity contribution in [2.24, 2.45) is 10.9 Å². The van der Waals surface area contributed by atoms with Gasteiger partial charge in [-0.05, 0) is 42.3 Å². The number of nitrogens with zero attached hydrogens (tertiary/aromatic N) is 1. The number of hydrogen-bond donors (Lipinski definition) is 1. The van der Waals surface area contributed by atoms with E-state index in [1.165, 1.54) is 0 Å². The summed E-state index contributed by atoms with van der Waals surface area (Å²) in [5, 5.41) is 2.76. The zero-order chi connectivity index (χ0) is 20.4. The number of aliphatic imine (C=N–C) groups is 1. The van der Waals surface area contributed by atoms with Crippen molar-refractivity contribution in [2.75, 3.05) is 13.9 Å². The highest BCUT2D eigenvalue weighted by Gasteiger charge is 2.38. The van der Waals surface area contributed by atoms with E-state index in [-0.39, 0.29) is 13.4 Å². The fourth-order valence-corrected chi connectivity index (χ4v) is 3.41. The molecule has 2 amide bonds. The molecule has 0 bridgehead atoms. The molecule has 8 nitrogen and oxygen atoms in total. The highest BCUT2D eigenvalue weighted by molar-refractivity contribution is 6.08. The van der Waals surface area contributed by atoms with Crippen LogP contribution in [0.1, 0.15) is 24.1 Å². The molecule has 4 rings (SSSR count). The predicted octanol–water partition coefficient (Wildman–Crippen LogP) is 3.01. The molecule has 2 aliphatic rings. The minimum absolute atomic E-state index is 0.0675. The first kappa shape index (κ1) is 18.8. The van der Waals surface area contributed by atoms with Crippen LogP contribution in [0, 0.1) is 5.92 Å². The molecule has 150 valence electrons. The third kappa shape index (κ3) is 3.87. The highest BCUT2D eigenvalue weighted by atomic mass is 16.7. The SMILES string of the molecule is COc1cccc(C2NC(=O)N=C(C)C2C(=O)OCc2ccc3c(c2)OCO3)c1. The Labute approximate surface area is 167 Å². The molecule has 2 heterocycles. The van der Waals surface area contributed by atoms with Gasteiger partial charge >= 0.3 is 12.0 Å². The van der Waals surface area contributed by atoms with E-state index in [4.69, 9.17) is 18.9 Å². The lowest BCUT2D eigenvalue weighted by molar-refractivity contribution is -0.148. The van der Waals surface area contributed by atoms with Gasteiger partial charge < -0.3 is 24.3 Å². The Bertz CT molecular complexity index is 987. The zero-order valence-corrected chi connectivity index (χ0v) is 16.0. The Kier molecular flexibility index (Phi) is 5.07. The monoisotopic (exact) mass is 396 g/mol. The standard InChI is InChI=1S/C21H20N2O6/c1-12-18(19(23-21(25)22-12)14-4-3-5-15(9-14)26-2)20(24)27-10-13-6-7-16-17(8-13)29-11-28-16/h3-9,18-19H,10-11H2,1-2H3,(H,23,25). The molecule has 29 heavy (non-hydrogen) atoms. The first-order chi connectivity index (χ1) is 14.0. The number of amides is 2. The largest absolute Gasteiger partial charge is 0.497 e. The van der Waals surface area contributed by atoms with E-state index in [0.717, 1.165) is 11.1 Å². The summed E-state index contributed by atoms with van der Waals surface area (Å²) in [6.45, 7) is 1.90. The molecule has 2 unspecified atom stereocenters. The minimum Gasteiger partial charge on any atom is -0.497 e. The van der Waals surface area contributed by atoms with Crippen LogP contribution in [0.3, 0.4) is 0 Å². The van der Waals surface area contributed by atoms with Gasteiger partial charge in [-0.25, -0.2) is 9.79 Å². The van der Waals surface area contributed by atoms with Crippen LogP contribution >= 0.6 is 0 Å². The number of urea groups is 1. The molecular formula is C21H20N2O6. The lowest BCUT2D eigenvalue weighted by Crippen LogP contribution is -2.44. The van der Waals surface area contributed by atoms with Crippen molar-refractivity contribution in [1.82, 2.24) is 5.32 Å².